The molecule has 114 valence electrons. The van der Waals surface area contributed by atoms with Crippen LogP contribution in [0.3, 0.4) is 0 Å². The van der Waals surface area contributed by atoms with Crippen molar-refractivity contribution in [2.45, 2.75) is 13.8 Å². The van der Waals surface area contributed by atoms with E-state index < -0.39 is 11.8 Å². The Morgan fingerprint density at radius 1 is 1.38 bits per heavy atom. The summed E-state index contributed by atoms with van der Waals surface area (Å²) in [6.07, 6.45) is 1.23. The number of carbonyl (C=O) groups excluding carboxylic acids is 2. The standard InChI is InChI=1S/C14H19N3O4/c1-9(2)7-15-13(19)14(20)17-16-8-10-5-4-6-11(21-3)12(10)18/h4-6,8-9,18H,7H2,1-3H3,(H,15,19)(H,17,20)/b16-8+. The maximum Gasteiger partial charge on any atom is 0.329 e. The van der Waals surface area contributed by atoms with E-state index in [1.165, 1.54) is 13.3 Å². The van der Waals surface area contributed by atoms with Crippen LogP contribution in [-0.4, -0.2) is 36.8 Å². The molecule has 1 rings (SSSR count). The summed E-state index contributed by atoms with van der Waals surface area (Å²) in [7, 11) is 1.43. The van der Waals surface area contributed by atoms with Crippen molar-refractivity contribution in [2.24, 2.45) is 11.0 Å². The number of rotatable bonds is 5. The molecule has 0 aromatic heterocycles. The number of benzene rings is 1. The van der Waals surface area contributed by atoms with Gasteiger partial charge in [0.1, 0.15) is 0 Å². The van der Waals surface area contributed by atoms with Gasteiger partial charge in [0.05, 0.1) is 13.3 Å². The van der Waals surface area contributed by atoms with E-state index >= 15 is 0 Å². The minimum absolute atomic E-state index is 0.0951. The van der Waals surface area contributed by atoms with E-state index in [9.17, 15) is 14.7 Å². The number of aromatic hydroxyl groups is 1. The number of methoxy groups -OCH3 is 1. The molecule has 0 spiro atoms. The summed E-state index contributed by atoms with van der Waals surface area (Å²) in [4.78, 5) is 22.8. The van der Waals surface area contributed by atoms with Crippen LogP contribution in [0.4, 0.5) is 0 Å². The smallest absolute Gasteiger partial charge is 0.329 e. The van der Waals surface area contributed by atoms with E-state index in [0.29, 0.717) is 17.9 Å². The number of hydrogen-bond donors (Lipinski definition) is 3. The lowest BCUT2D eigenvalue weighted by atomic mass is 10.2. The molecule has 7 nitrogen and oxygen atoms in total. The van der Waals surface area contributed by atoms with Gasteiger partial charge in [-0.1, -0.05) is 19.9 Å². The zero-order valence-electron chi connectivity index (χ0n) is 12.2. The van der Waals surface area contributed by atoms with Crippen LogP contribution >= 0.6 is 0 Å². The van der Waals surface area contributed by atoms with E-state index in [-0.39, 0.29) is 11.7 Å². The first-order valence-electron chi connectivity index (χ1n) is 6.43. The number of hydrazone groups is 1. The highest BCUT2D eigenvalue weighted by Gasteiger charge is 2.12. The van der Waals surface area contributed by atoms with Gasteiger partial charge in [0.15, 0.2) is 11.5 Å². The van der Waals surface area contributed by atoms with Crippen molar-refractivity contribution >= 4 is 18.0 Å². The molecule has 0 unspecified atom stereocenters. The normalized spacial score (nSPS) is 10.7. The summed E-state index contributed by atoms with van der Waals surface area (Å²) >= 11 is 0. The third-order valence-electron chi connectivity index (χ3n) is 2.50. The van der Waals surface area contributed by atoms with Crippen molar-refractivity contribution in [3.05, 3.63) is 23.8 Å². The maximum absolute atomic E-state index is 11.4. The lowest BCUT2D eigenvalue weighted by Gasteiger charge is -2.06. The number of para-hydroxylation sites is 1. The Morgan fingerprint density at radius 3 is 2.71 bits per heavy atom. The lowest BCUT2D eigenvalue weighted by molar-refractivity contribution is -0.139. The van der Waals surface area contributed by atoms with Crippen molar-refractivity contribution in [3.8, 4) is 11.5 Å². The molecule has 0 radical (unpaired) electrons. The number of carbonyl (C=O) groups is 2. The number of ether oxygens (including phenoxy) is 1. The van der Waals surface area contributed by atoms with E-state index in [1.54, 1.807) is 18.2 Å². The molecule has 0 atom stereocenters. The van der Waals surface area contributed by atoms with Gasteiger partial charge in [0.25, 0.3) is 0 Å². The van der Waals surface area contributed by atoms with Crippen molar-refractivity contribution in [3.63, 3.8) is 0 Å². The van der Waals surface area contributed by atoms with Gasteiger partial charge in [-0.2, -0.15) is 5.10 Å². The highest BCUT2D eigenvalue weighted by molar-refractivity contribution is 6.35. The zero-order valence-corrected chi connectivity index (χ0v) is 12.2. The molecule has 0 aliphatic rings. The molecule has 2 amide bonds. The fraction of sp³-hybridized carbons (Fsp3) is 0.357. The summed E-state index contributed by atoms with van der Waals surface area (Å²) in [5.74, 6) is -1.17. The third kappa shape index (κ3) is 5.13. The summed E-state index contributed by atoms with van der Waals surface area (Å²) in [6.45, 7) is 4.25. The molecule has 0 saturated carbocycles. The molecular weight excluding hydrogens is 274 g/mol. The highest BCUT2D eigenvalue weighted by Crippen LogP contribution is 2.27. The molecule has 7 heteroatoms. The quantitative estimate of drug-likeness (QED) is 0.421. The molecule has 0 aliphatic carbocycles. The predicted molar refractivity (Wildman–Crippen MR) is 78.2 cm³/mol. The predicted octanol–water partition coefficient (Wildman–Crippen LogP) is 0.623. The Hall–Kier alpha value is -2.57. The van der Waals surface area contributed by atoms with Gasteiger partial charge in [0, 0.05) is 12.1 Å². The van der Waals surface area contributed by atoms with Crippen molar-refractivity contribution < 1.29 is 19.4 Å². The summed E-state index contributed by atoms with van der Waals surface area (Å²) in [6, 6.07) is 4.84. The second-order valence-electron chi connectivity index (χ2n) is 4.70. The van der Waals surface area contributed by atoms with Crippen LogP contribution < -0.4 is 15.5 Å². The number of phenolic OH excluding ortho intramolecular Hbond substituents is 1. The Labute approximate surface area is 123 Å². The fourth-order valence-corrected chi connectivity index (χ4v) is 1.40. The van der Waals surface area contributed by atoms with Crippen LogP contribution in [0.25, 0.3) is 0 Å². The zero-order chi connectivity index (χ0) is 15.8. The van der Waals surface area contributed by atoms with Crippen molar-refractivity contribution in [2.75, 3.05) is 13.7 Å². The molecule has 3 N–H and O–H groups in total. The van der Waals surface area contributed by atoms with Crippen LogP contribution in [0.15, 0.2) is 23.3 Å². The number of amides is 2. The van der Waals surface area contributed by atoms with Gasteiger partial charge in [-0.3, -0.25) is 9.59 Å². The molecular formula is C14H19N3O4. The van der Waals surface area contributed by atoms with Crippen LogP contribution in [0.2, 0.25) is 0 Å². The van der Waals surface area contributed by atoms with Gasteiger partial charge >= 0.3 is 11.8 Å². The summed E-state index contributed by atoms with van der Waals surface area (Å²) < 4.78 is 4.94. The second kappa shape index (κ2) is 7.88. The maximum atomic E-state index is 11.4. The third-order valence-corrected chi connectivity index (χ3v) is 2.50. The first kappa shape index (κ1) is 16.5. The van der Waals surface area contributed by atoms with Crippen LogP contribution in [0.5, 0.6) is 11.5 Å². The van der Waals surface area contributed by atoms with Crippen molar-refractivity contribution in [1.29, 1.82) is 0 Å². The van der Waals surface area contributed by atoms with Crippen molar-refractivity contribution in [1.82, 2.24) is 10.7 Å². The van der Waals surface area contributed by atoms with Gasteiger partial charge in [0.2, 0.25) is 0 Å². The molecule has 1 aromatic rings. The Balaban J connectivity index is 2.58. The van der Waals surface area contributed by atoms with Gasteiger partial charge < -0.3 is 15.2 Å². The summed E-state index contributed by atoms with van der Waals surface area (Å²) in [5.41, 5.74) is 2.44. The number of phenols is 1. The minimum atomic E-state index is -0.866. The highest BCUT2D eigenvalue weighted by atomic mass is 16.5. The van der Waals surface area contributed by atoms with E-state index in [0.717, 1.165) is 0 Å². The first-order chi connectivity index (χ1) is 9.95. The molecule has 21 heavy (non-hydrogen) atoms. The molecule has 0 aliphatic heterocycles. The van der Waals surface area contributed by atoms with Gasteiger partial charge in [-0.25, -0.2) is 5.43 Å². The SMILES string of the molecule is COc1cccc(/C=N/NC(=O)C(=O)NCC(C)C)c1O. The number of hydrogen-bond acceptors (Lipinski definition) is 5. The Bertz CT molecular complexity index is 541. The molecule has 0 heterocycles. The Kier molecular flexibility index (Phi) is 6.19. The molecule has 0 saturated heterocycles. The largest absolute Gasteiger partial charge is 0.504 e. The second-order valence-corrected chi connectivity index (χ2v) is 4.70. The molecule has 1 aromatic carbocycles. The Morgan fingerprint density at radius 2 is 2.10 bits per heavy atom. The van der Waals surface area contributed by atoms with Gasteiger partial charge in [-0.15, -0.1) is 0 Å². The average molecular weight is 293 g/mol. The number of nitrogens with one attached hydrogen (secondary N) is 2. The molecule has 0 bridgehead atoms. The summed E-state index contributed by atoms with van der Waals surface area (Å²) in [5, 5.41) is 15.9. The van der Waals surface area contributed by atoms with Crippen LogP contribution in [-0.2, 0) is 9.59 Å². The lowest BCUT2D eigenvalue weighted by Crippen LogP contribution is -2.39. The van der Waals surface area contributed by atoms with E-state index in [2.05, 4.69) is 15.8 Å². The number of nitrogens with zero attached hydrogens (tertiary/aromatic N) is 1. The molecule has 0 fully saturated rings. The van der Waals surface area contributed by atoms with E-state index in [4.69, 9.17) is 4.74 Å². The van der Waals surface area contributed by atoms with Crippen LogP contribution in [0, 0.1) is 5.92 Å². The fourth-order valence-electron chi connectivity index (χ4n) is 1.40. The van der Waals surface area contributed by atoms with E-state index in [1.807, 2.05) is 13.8 Å². The first-order valence-corrected chi connectivity index (χ1v) is 6.43. The topological polar surface area (TPSA) is 100 Å². The van der Waals surface area contributed by atoms with Crippen LogP contribution in [0.1, 0.15) is 19.4 Å². The minimum Gasteiger partial charge on any atom is -0.504 e. The monoisotopic (exact) mass is 293 g/mol. The van der Waals surface area contributed by atoms with Gasteiger partial charge in [-0.05, 0) is 18.1 Å². The average Bonchev–Trinajstić information content (AvgIpc) is 2.46.